The average Bonchev–Trinajstić information content (AvgIpc) is 3.31. The molecule has 0 aliphatic heterocycles. The first-order valence-electron chi connectivity index (χ1n) is 7.48. The van der Waals surface area contributed by atoms with E-state index in [1.807, 2.05) is 24.3 Å². The molecule has 0 aliphatic rings. The molecular formula is C17H10Cl2N4O2S. The zero-order valence-electron chi connectivity index (χ0n) is 13.1. The smallest absolute Gasteiger partial charge is 0.277 e. The Morgan fingerprint density at radius 3 is 2.08 bits per heavy atom. The minimum absolute atomic E-state index is 0.424. The van der Waals surface area contributed by atoms with Crippen LogP contribution < -0.4 is 0 Å². The van der Waals surface area contributed by atoms with Crippen LogP contribution in [0.1, 0.15) is 5.82 Å². The van der Waals surface area contributed by atoms with Crippen LogP contribution in [-0.4, -0.2) is 20.3 Å². The topological polar surface area (TPSA) is 77.8 Å². The van der Waals surface area contributed by atoms with Crippen molar-refractivity contribution in [1.82, 2.24) is 20.3 Å². The van der Waals surface area contributed by atoms with Crippen molar-refractivity contribution in [3.63, 3.8) is 0 Å². The van der Waals surface area contributed by atoms with Gasteiger partial charge in [0.1, 0.15) is 0 Å². The van der Waals surface area contributed by atoms with Crippen LogP contribution in [0.3, 0.4) is 0 Å². The first-order valence-corrected chi connectivity index (χ1v) is 9.22. The summed E-state index contributed by atoms with van der Waals surface area (Å²) in [5.74, 6) is 1.84. The number of hydrogen-bond acceptors (Lipinski definition) is 7. The molecule has 0 N–H and O–H groups in total. The third kappa shape index (κ3) is 3.90. The molecule has 0 saturated carbocycles. The van der Waals surface area contributed by atoms with Crippen LogP contribution in [0.25, 0.3) is 22.9 Å². The number of hydrogen-bond donors (Lipinski definition) is 0. The van der Waals surface area contributed by atoms with E-state index < -0.39 is 0 Å². The van der Waals surface area contributed by atoms with Crippen molar-refractivity contribution >= 4 is 35.0 Å². The van der Waals surface area contributed by atoms with E-state index >= 15 is 0 Å². The van der Waals surface area contributed by atoms with E-state index in [2.05, 4.69) is 20.3 Å². The van der Waals surface area contributed by atoms with E-state index in [9.17, 15) is 0 Å². The van der Waals surface area contributed by atoms with Crippen LogP contribution in [-0.2, 0) is 5.75 Å². The second kappa shape index (κ2) is 7.49. The maximum atomic E-state index is 5.88. The summed E-state index contributed by atoms with van der Waals surface area (Å²) < 4.78 is 10.9. The van der Waals surface area contributed by atoms with Gasteiger partial charge in [0, 0.05) is 21.2 Å². The van der Waals surface area contributed by atoms with Crippen molar-refractivity contribution in [1.29, 1.82) is 0 Å². The molecule has 9 heteroatoms. The highest BCUT2D eigenvalue weighted by molar-refractivity contribution is 7.98. The fraction of sp³-hybridized carbons (Fsp3) is 0.0588. The van der Waals surface area contributed by atoms with Crippen LogP contribution in [0.15, 0.2) is 62.7 Å². The summed E-state index contributed by atoms with van der Waals surface area (Å²) in [7, 11) is 0. The summed E-state index contributed by atoms with van der Waals surface area (Å²) in [6.07, 6.45) is 0. The van der Waals surface area contributed by atoms with Gasteiger partial charge in [-0.2, -0.15) is 4.98 Å². The zero-order valence-corrected chi connectivity index (χ0v) is 15.4. The van der Waals surface area contributed by atoms with Crippen LogP contribution in [0, 0.1) is 0 Å². The lowest BCUT2D eigenvalue weighted by atomic mass is 10.2. The summed E-state index contributed by atoms with van der Waals surface area (Å²) in [5, 5.41) is 13.7. The van der Waals surface area contributed by atoms with Crippen LogP contribution in [0.5, 0.6) is 0 Å². The summed E-state index contributed by atoms with van der Waals surface area (Å²) in [4.78, 5) is 4.35. The first-order chi connectivity index (χ1) is 12.7. The molecule has 130 valence electrons. The molecule has 0 amide bonds. The van der Waals surface area contributed by atoms with Gasteiger partial charge in [-0.1, -0.05) is 40.1 Å². The molecule has 2 aromatic heterocycles. The van der Waals surface area contributed by atoms with Crippen LogP contribution in [0.2, 0.25) is 10.0 Å². The standard InChI is InChI=1S/C17H10Cl2N4O2S/c18-12-5-1-10(2-6-12)15-20-14(23-25-15)9-26-17-22-21-16(24-17)11-3-7-13(19)8-4-11/h1-8H,9H2. The lowest BCUT2D eigenvalue weighted by Gasteiger charge is -1.94. The summed E-state index contributed by atoms with van der Waals surface area (Å²) in [6.45, 7) is 0. The Kier molecular flexibility index (Phi) is 4.92. The molecule has 0 spiro atoms. The lowest BCUT2D eigenvalue weighted by molar-refractivity contribution is 0.425. The minimum Gasteiger partial charge on any atom is -0.411 e. The predicted molar refractivity (Wildman–Crippen MR) is 99.0 cm³/mol. The Hall–Kier alpha value is -2.35. The van der Waals surface area contributed by atoms with E-state index in [1.54, 1.807) is 24.3 Å². The number of rotatable bonds is 5. The molecule has 0 bridgehead atoms. The molecule has 26 heavy (non-hydrogen) atoms. The van der Waals surface area contributed by atoms with Gasteiger partial charge < -0.3 is 8.94 Å². The van der Waals surface area contributed by atoms with E-state index in [0.29, 0.717) is 38.6 Å². The molecular weight excluding hydrogens is 395 g/mol. The van der Waals surface area contributed by atoms with Crippen molar-refractivity contribution in [2.75, 3.05) is 0 Å². The molecule has 6 nitrogen and oxygen atoms in total. The van der Waals surface area contributed by atoms with Crippen molar-refractivity contribution in [3.8, 4) is 22.9 Å². The van der Waals surface area contributed by atoms with Gasteiger partial charge in [-0.05, 0) is 48.5 Å². The third-order valence-corrected chi connectivity index (χ3v) is 4.70. The molecule has 0 saturated heterocycles. The Labute approximate surface area is 162 Å². The van der Waals surface area contributed by atoms with Crippen molar-refractivity contribution in [2.45, 2.75) is 11.0 Å². The van der Waals surface area contributed by atoms with Gasteiger partial charge in [0.25, 0.3) is 11.1 Å². The van der Waals surface area contributed by atoms with E-state index in [1.165, 1.54) is 11.8 Å². The Morgan fingerprint density at radius 1 is 0.808 bits per heavy atom. The fourth-order valence-corrected chi connectivity index (χ4v) is 2.98. The third-order valence-electron chi connectivity index (χ3n) is 3.38. The second-order valence-corrected chi connectivity index (χ2v) is 6.99. The fourth-order valence-electron chi connectivity index (χ4n) is 2.13. The Bertz CT molecular complexity index is 932. The predicted octanol–water partition coefficient (Wildman–Crippen LogP) is 5.39. The van der Waals surface area contributed by atoms with Crippen molar-refractivity contribution in [2.24, 2.45) is 0 Å². The van der Waals surface area contributed by atoms with Gasteiger partial charge in [-0.25, -0.2) is 0 Å². The lowest BCUT2D eigenvalue weighted by Crippen LogP contribution is -1.84. The maximum Gasteiger partial charge on any atom is 0.277 e. The van der Waals surface area contributed by atoms with E-state index in [4.69, 9.17) is 32.1 Å². The zero-order chi connectivity index (χ0) is 17.9. The number of benzene rings is 2. The molecule has 0 atom stereocenters. The molecule has 0 unspecified atom stereocenters. The van der Waals surface area contributed by atoms with E-state index in [0.717, 1.165) is 11.1 Å². The largest absolute Gasteiger partial charge is 0.411 e. The van der Waals surface area contributed by atoms with Crippen molar-refractivity contribution in [3.05, 3.63) is 64.4 Å². The van der Waals surface area contributed by atoms with Gasteiger partial charge in [-0.3, -0.25) is 0 Å². The number of thioether (sulfide) groups is 1. The van der Waals surface area contributed by atoms with Gasteiger partial charge in [-0.15, -0.1) is 10.2 Å². The highest BCUT2D eigenvalue weighted by atomic mass is 35.5. The van der Waals surface area contributed by atoms with Crippen LogP contribution in [0.4, 0.5) is 0 Å². The SMILES string of the molecule is Clc1ccc(-c2nc(CSc3nnc(-c4ccc(Cl)cc4)o3)no2)cc1. The van der Waals surface area contributed by atoms with Gasteiger partial charge in [0.15, 0.2) is 5.82 Å². The van der Waals surface area contributed by atoms with Crippen molar-refractivity contribution < 1.29 is 8.94 Å². The van der Waals surface area contributed by atoms with Gasteiger partial charge in [0.2, 0.25) is 5.89 Å². The molecule has 0 fully saturated rings. The molecule has 0 radical (unpaired) electrons. The van der Waals surface area contributed by atoms with Gasteiger partial charge >= 0.3 is 0 Å². The number of halogens is 2. The quantitative estimate of drug-likeness (QED) is 0.412. The average molecular weight is 405 g/mol. The summed E-state index contributed by atoms with van der Waals surface area (Å²) in [6, 6.07) is 14.4. The molecule has 4 rings (SSSR count). The Morgan fingerprint density at radius 2 is 1.42 bits per heavy atom. The first kappa shape index (κ1) is 17.1. The monoisotopic (exact) mass is 404 g/mol. The number of nitrogens with zero attached hydrogens (tertiary/aromatic N) is 4. The molecule has 2 aromatic carbocycles. The second-order valence-electron chi connectivity index (χ2n) is 5.19. The van der Waals surface area contributed by atoms with Crippen LogP contribution >= 0.6 is 35.0 Å². The Balaban J connectivity index is 1.42. The number of aromatic nitrogens is 4. The highest BCUT2D eigenvalue weighted by Gasteiger charge is 2.13. The maximum absolute atomic E-state index is 5.88. The molecule has 4 aromatic rings. The minimum atomic E-state index is 0.424. The highest BCUT2D eigenvalue weighted by Crippen LogP contribution is 2.27. The molecule has 0 aliphatic carbocycles. The van der Waals surface area contributed by atoms with Gasteiger partial charge in [0.05, 0.1) is 5.75 Å². The van der Waals surface area contributed by atoms with E-state index in [-0.39, 0.29) is 0 Å². The molecule has 2 heterocycles. The summed E-state index contributed by atoms with van der Waals surface area (Å²) >= 11 is 13.1. The summed E-state index contributed by atoms with van der Waals surface area (Å²) in [5.41, 5.74) is 1.61. The normalized spacial score (nSPS) is 11.0.